The quantitative estimate of drug-likeness (QED) is 0.833. The van der Waals surface area contributed by atoms with Crippen LogP contribution in [0.3, 0.4) is 0 Å². The minimum atomic E-state index is 0.0601. The lowest BCUT2D eigenvalue weighted by Crippen LogP contribution is -2.38. The van der Waals surface area contributed by atoms with Gasteiger partial charge in [0.15, 0.2) is 0 Å². The number of rotatable bonds is 4. The molecule has 0 spiro atoms. The molecule has 4 nitrogen and oxygen atoms in total. The Labute approximate surface area is 154 Å². The number of carbonyl (C=O) groups excluding carboxylic acids is 1. The number of ether oxygens (including phenoxy) is 1. The molecule has 1 heterocycles. The van der Waals surface area contributed by atoms with Crippen molar-refractivity contribution >= 4 is 17.5 Å². The van der Waals surface area contributed by atoms with Gasteiger partial charge >= 0.3 is 0 Å². The second-order valence-corrected chi connectivity index (χ2v) is 6.98. The number of carbonyl (C=O) groups is 1. The first-order chi connectivity index (χ1) is 12.0. The van der Waals surface area contributed by atoms with Crippen molar-refractivity contribution < 1.29 is 9.53 Å². The molecule has 25 heavy (non-hydrogen) atoms. The van der Waals surface area contributed by atoms with E-state index >= 15 is 0 Å². The van der Waals surface area contributed by atoms with Crippen LogP contribution in [0.25, 0.3) is 11.1 Å². The van der Waals surface area contributed by atoms with E-state index in [1.807, 2.05) is 48.3 Å². The summed E-state index contributed by atoms with van der Waals surface area (Å²) in [6.07, 6.45) is 1.02. The molecule has 3 rings (SSSR count). The highest BCUT2D eigenvalue weighted by Crippen LogP contribution is 2.32. The van der Waals surface area contributed by atoms with E-state index in [0.717, 1.165) is 36.4 Å². The lowest BCUT2D eigenvalue weighted by atomic mass is 10.0. The number of likely N-dealkylation sites (N-methyl/N-ethyl adjacent to an activating group) is 2. The Balaban J connectivity index is 1.80. The summed E-state index contributed by atoms with van der Waals surface area (Å²) >= 11 is 6.11. The Morgan fingerprint density at radius 1 is 1.24 bits per heavy atom. The number of halogens is 1. The molecule has 1 aliphatic heterocycles. The van der Waals surface area contributed by atoms with Gasteiger partial charge in [-0.3, -0.25) is 4.79 Å². The van der Waals surface area contributed by atoms with Crippen molar-refractivity contribution in [3.05, 3.63) is 53.1 Å². The van der Waals surface area contributed by atoms with Crippen LogP contribution in [0, 0.1) is 0 Å². The predicted molar refractivity (Wildman–Crippen MR) is 101 cm³/mol. The maximum atomic E-state index is 12.7. The molecular weight excluding hydrogens is 336 g/mol. The number of hydrogen-bond acceptors (Lipinski definition) is 3. The zero-order valence-corrected chi connectivity index (χ0v) is 15.6. The smallest absolute Gasteiger partial charge is 0.253 e. The summed E-state index contributed by atoms with van der Waals surface area (Å²) in [5, 5.41) is 0.654. The molecule has 132 valence electrons. The van der Waals surface area contributed by atoms with Gasteiger partial charge in [-0.25, -0.2) is 0 Å². The van der Waals surface area contributed by atoms with Gasteiger partial charge in [0.1, 0.15) is 5.75 Å². The molecule has 2 aromatic carbocycles. The highest BCUT2D eigenvalue weighted by atomic mass is 35.5. The van der Waals surface area contributed by atoms with Crippen LogP contribution in [0.4, 0.5) is 0 Å². The van der Waals surface area contributed by atoms with E-state index in [1.54, 1.807) is 13.2 Å². The van der Waals surface area contributed by atoms with E-state index in [1.165, 1.54) is 0 Å². The Morgan fingerprint density at radius 2 is 1.96 bits per heavy atom. The van der Waals surface area contributed by atoms with Gasteiger partial charge in [-0.05, 0) is 55.9 Å². The lowest BCUT2D eigenvalue weighted by molar-refractivity contribution is 0.0737. The molecule has 5 heteroatoms. The van der Waals surface area contributed by atoms with Gasteiger partial charge < -0.3 is 14.5 Å². The molecule has 0 aromatic heterocycles. The molecule has 0 saturated carbocycles. The van der Waals surface area contributed by atoms with Crippen LogP contribution in [-0.2, 0) is 0 Å². The summed E-state index contributed by atoms with van der Waals surface area (Å²) in [5.41, 5.74) is 2.58. The van der Waals surface area contributed by atoms with Gasteiger partial charge in [0, 0.05) is 35.8 Å². The number of nitrogens with zero attached hydrogens (tertiary/aromatic N) is 2. The van der Waals surface area contributed by atoms with Crippen molar-refractivity contribution in [2.75, 3.05) is 34.3 Å². The Bertz CT molecular complexity index is 761. The van der Waals surface area contributed by atoms with Crippen molar-refractivity contribution in [3.8, 4) is 16.9 Å². The third kappa shape index (κ3) is 3.80. The highest BCUT2D eigenvalue weighted by molar-refractivity contribution is 6.31. The van der Waals surface area contributed by atoms with Crippen LogP contribution in [0.5, 0.6) is 5.75 Å². The van der Waals surface area contributed by atoms with Crippen molar-refractivity contribution in [1.82, 2.24) is 9.80 Å². The van der Waals surface area contributed by atoms with E-state index < -0.39 is 0 Å². The summed E-state index contributed by atoms with van der Waals surface area (Å²) < 4.78 is 5.41. The standard InChI is InChI=1S/C20H23ClN2O2/c1-22-11-10-17(13-22)23(2)20(24)15-6-4-14(5-7-15)18-12-16(21)8-9-19(18)25-3/h4-9,12,17H,10-11,13H2,1-3H3/t17-/m1/s1. The fourth-order valence-corrected chi connectivity index (χ4v) is 3.47. The van der Waals surface area contributed by atoms with Crippen LogP contribution in [0.15, 0.2) is 42.5 Å². The average molecular weight is 359 g/mol. The zero-order chi connectivity index (χ0) is 18.0. The highest BCUT2D eigenvalue weighted by Gasteiger charge is 2.26. The number of methoxy groups -OCH3 is 1. The molecule has 2 aromatic rings. The Hall–Kier alpha value is -2.04. The number of benzene rings is 2. The second kappa shape index (κ2) is 7.46. The van der Waals surface area contributed by atoms with Crippen LogP contribution >= 0.6 is 11.6 Å². The maximum absolute atomic E-state index is 12.7. The SMILES string of the molecule is COc1ccc(Cl)cc1-c1ccc(C(=O)N(C)[C@@H]2CCN(C)C2)cc1. The molecule has 1 aliphatic rings. The summed E-state index contributed by atoms with van der Waals surface area (Å²) in [7, 11) is 5.61. The van der Waals surface area contributed by atoms with Crippen LogP contribution < -0.4 is 4.74 Å². The van der Waals surface area contributed by atoms with E-state index in [0.29, 0.717) is 10.6 Å². The first-order valence-corrected chi connectivity index (χ1v) is 8.77. The predicted octanol–water partition coefficient (Wildman–Crippen LogP) is 3.79. The molecule has 1 fully saturated rings. The minimum absolute atomic E-state index is 0.0601. The molecule has 0 N–H and O–H groups in total. The van der Waals surface area contributed by atoms with Crippen LogP contribution in [0.2, 0.25) is 5.02 Å². The first-order valence-electron chi connectivity index (χ1n) is 8.39. The Morgan fingerprint density at radius 3 is 2.56 bits per heavy atom. The average Bonchev–Trinajstić information content (AvgIpc) is 3.07. The van der Waals surface area contributed by atoms with Crippen molar-refractivity contribution in [2.24, 2.45) is 0 Å². The zero-order valence-electron chi connectivity index (χ0n) is 14.8. The largest absolute Gasteiger partial charge is 0.496 e. The topological polar surface area (TPSA) is 32.8 Å². The van der Waals surface area contributed by atoms with Crippen molar-refractivity contribution in [3.63, 3.8) is 0 Å². The number of likely N-dealkylation sites (tertiary alicyclic amines) is 1. The third-order valence-corrected chi connectivity index (χ3v) is 5.07. The molecule has 1 saturated heterocycles. The van der Waals surface area contributed by atoms with Crippen LogP contribution in [-0.4, -0.2) is 56.0 Å². The maximum Gasteiger partial charge on any atom is 0.253 e. The van der Waals surface area contributed by atoms with Crippen LogP contribution in [0.1, 0.15) is 16.8 Å². The molecule has 0 bridgehead atoms. The minimum Gasteiger partial charge on any atom is -0.496 e. The molecule has 0 radical (unpaired) electrons. The lowest BCUT2D eigenvalue weighted by Gasteiger charge is -2.24. The summed E-state index contributed by atoms with van der Waals surface area (Å²) in [6.45, 7) is 1.97. The summed E-state index contributed by atoms with van der Waals surface area (Å²) in [4.78, 5) is 16.8. The molecule has 0 unspecified atom stereocenters. The normalized spacial score (nSPS) is 17.5. The molecule has 0 aliphatic carbocycles. The monoisotopic (exact) mass is 358 g/mol. The van der Waals surface area contributed by atoms with Gasteiger partial charge in [-0.15, -0.1) is 0 Å². The van der Waals surface area contributed by atoms with E-state index in [4.69, 9.17) is 16.3 Å². The van der Waals surface area contributed by atoms with Gasteiger partial charge in [0.2, 0.25) is 0 Å². The van der Waals surface area contributed by atoms with E-state index in [9.17, 15) is 4.79 Å². The summed E-state index contributed by atoms with van der Waals surface area (Å²) in [6, 6.07) is 13.4. The van der Waals surface area contributed by atoms with E-state index in [-0.39, 0.29) is 11.9 Å². The third-order valence-electron chi connectivity index (χ3n) is 4.84. The molecule has 1 atom stereocenters. The second-order valence-electron chi connectivity index (χ2n) is 6.54. The number of amides is 1. The molecular formula is C20H23ClN2O2. The fourth-order valence-electron chi connectivity index (χ4n) is 3.30. The van der Waals surface area contributed by atoms with Gasteiger partial charge in [0.25, 0.3) is 5.91 Å². The van der Waals surface area contributed by atoms with Crippen molar-refractivity contribution in [2.45, 2.75) is 12.5 Å². The number of hydrogen-bond donors (Lipinski definition) is 0. The van der Waals surface area contributed by atoms with Gasteiger partial charge in [-0.2, -0.15) is 0 Å². The fraction of sp³-hybridized carbons (Fsp3) is 0.350. The van der Waals surface area contributed by atoms with Crippen molar-refractivity contribution in [1.29, 1.82) is 0 Å². The van der Waals surface area contributed by atoms with Gasteiger partial charge in [-0.1, -0.05) is 23.7 Å². The van der Waals surface area contributed by atoms with E-state index in [2.05, 4.69) is 11.9 Å². The first kappa shape index (κ1) is 17.8. The summed E-state index contributed by atoms with van der Waals surface area (Å²) in [5.74, 6) is 0.819. The Kier molecular flexibility index (Phi) is 5.30. The van der Waals surface area contributed by atoms with Gasteiger partial charge in [0.05, 0.1) is 7.11 Å². The molecule has 1 amide bonds.